The second-order valence-corrected chi connectivity index (χ2v) is 7.27. The Balaban J connectivity index is 1.31. The van der Waals surface area contributed by atoms with Crippen molar-refractivity contribution in [2.24, 2.45) is 0 Å². The van der Waals surface area contributed by atoms with E-state index >= 15 is 0 Å². The van der Waals surface area contributed by atoms with Crippen LogP contribution in [-0.2, 0) is 20.9 Å². The molecular weight excluding hydrogens is 386 g/mol. The first kappa shape index (κ1) is 19.8. The number of carbonyl (C=O) groups is 3. The minimum Gasteiger partial charge on any atom is -0.497 e. The molecule has 2 N–H and O–H groups in total. The third-order valence-corrected chi connectivity index (χ3v) is 5.34. The second-order valence-electron chi connectivity index (χ2n) is 7.27. The Bertz CT molecular complexity index is 973. The summed E-state index contributed by atoms with van der Waals surface area (Å²) >= 11 is 0. The zero-order valence-electron chi connectivity index (χ0n) is 16.6. The summed E-state index contributed by atoms with van der Waals surface area (Å²) in [7, 11) is 1.59. The summed E-state index contributed by atoms with van der Waals surface area (Å²) < 4.78 is 10.2. The van der Waals surface area contributed by atoms with Gasteiger partial charge in [-0.25, -0.2) is 4.79 Å². The van der Waals surface area contributed by atoms with Crippen LogP contribution in [0.15, 0.2) is 42.5 Å². The fourth-order valence-corrected chi connectivity index (χ4v) is 3.77. The van der Waals surface area contributed by atoms with Crippen LogP contribution in [0.1, 0.15) is 28.8 Å². The molecule has 2 aliphatic heterocycles. The molecule has 8 nitrogen and oxygen atoms in total. The summed E-state index contributed by atoms with van der Waals surface area (Å²) in [6.45, 7) is 0.762. The standard InChI is InChI=1S/C22H23N3O5/c1-29-16-7-4-14(5-8-16)12-23-20(26)13-30-22(28)15-6-9-18-17(11-15)24-21(27)19-3-2-10-25(18)19/h4-9,11,19H,2-3,10,12-13H2,1H3,(H,23,26)(H,24,27)/t19-/m0/s1. The number of fused-ring (bicyclic) bond motifs is 3. The first-order valence-electron chi connectivity index (χ1n) is 9.83. The molecule has 8 heteroatoms. The second kappa shape index (κ2) is 8.44. The molecule has 2 aromatic carbocycles. The monoisotopic (exact) mass is 409 g/mol. The van der Waals surface area contributed by atoms with Crippen LogP contribution in [0, 0.1) is 0 Å². The highest BCUT2D eigenvalue weighted by Gasteiger charge is 2.36. The minimum atomic E-state index is -0.616. The smallest absolute Gasteiger partial charge is 0.338 e. The van der Waals surface area contributed by atoms with Crippen LogP contribution in [0.3, 0.4) is 0 Å². The molecular formula is C22H23N3O5. The van der Waals surface area contributed by atoms with E-state index in [1.54, 1.807) is 31.4 Å². The van der Waals surface area contributed by atoms with Crippen molar-refractivity contribution in [3.05, 3.63) is 53.6 Å². The number of carbonyl (C=O) groups excluding carboxylic acids is 3. The van der Waals surface area contributed by atoms with Crippen LogP contribution >= 0.6 is 0 Å². The van der Waals surface area contributed by atoms with E-state index in [-0.39, 0.29) is 24.1 Å². The topological polar surface area (TPSA) is 97.0 Å². The zero-order valence-corrected chi connectivity index (χ0v) is 16.6. The van der Waals surface area contributed by atoms with E-state index in [1.165, 1.54) is 0 Å². The number of methoxy groups -OCH3 is 1. The van der Waals surface area contributed by atoms with E-state index in [4.69, 9.17) is 9.47 Å². The van der Waals surface area contributed by atoms with E-state index < -0.39 is 11.9 Å². The highest BCUT2D eigenvalue weighted by molar-refractivity contribution is 6.05. The predicted molar refractivity (Wildman–Crippen MR) is 111 cm³/mol. The average molecular weight is 409 g/mol. The molecule has 0 bridgehead atoms. The predicted octanol–water partition coefficient (Wildman–Crippen LogP) is 2.09. The largest absolute Gasteiger partial charge is 0.497 e. The lowest BCUT2D eigenvalue weighted by Crippen LogP contribution is -2.43. The maximum atomic E-state index is 12.3. The van der Waals surface area contributed by atoms with E-state index in [1.807, 2.05) is 18.2 Å². The van der Waals surface area contributed by atoms with E-state index in [2.05, 4.69) is 15.5 Å². The fraction of sp³-hybridized carbons (Fsp3) is 0.318. The van der Waals surface area contributed by atoms with Crippen molar-refractivity contribution >= 4 is 29.2 Å². The Labute approximate surface area is 174 Å². The quantitative estimate of drug-likeness (QED) is 0.709. The first-order chi connectivity index (χ1) is 14.5. The summed E-state index contributed by atoms with van der Waals surface area (Å²) in [5.74, 6) is -0.329. The third-order valence-electron chi connectivity index (χ3n) is 5.34. The summed E-state index contributed by atoms with van der Waals surface area (Å²) in [6.07, 6.45) is 1.80. The molecule has 30 heavy (non-hydrogen) atoms. The van der Waals surface area contributed by atoms with Crippen LogP contribution in [0.5, 0.6) is 5.75 Å². The number of benzene rings is 2. The van der Waals surface area contributed by atoms with Gasteiger partial charge in [0.15, 0.2) is 6.61 Å². The molecule has 0 saturated carbocycles. The van der Waals surface area contributed by atoms with Gasteiger partial charge < -0.3 is 25.0 Å². The Morgan fingerprint density at radius 2 is 2.00 bits per heavy atom. The molecule has 2 aliphatic rings. The SMILES string of the molecule is COc1ccc(CNC(=O)COC(=O)c2ccc3c(c2)NC(=O)[C@@H]2CCCN32)cc1. The molecule has 0 aromatic heterocycles. The Kier molecular flexibility index (Phi) is 5.56. The van der Waals surface area contributed by atoms with Gasteiger partial charge in [0, 0.05) is 13.1 Å². The number of nitrogens with one attached hydrogen (secondary N) is 2. The lowest BCUT2D eigenvalue weighted by molar-refractivity contribution is -0.124. The Morgan fingerprint density at radius 1 is 1.20 bits per heavy atom. The molecule has 2 heterocycles. The van der Waals surface area contributed by atoms with Crippen LogP contribution in [0.25, 0.3) is 0 Å². The molecule has 1 atom stereocenters. The van der Waals surface area contributed by atoms with Gasteiger partial charge in [0.05, 0.1) is 24.0 Å². The van der Waals surface area contributed by atoms with Crippen molar-refractivity contribution in [1.82, 2.24) is 5.32 Å². The molecule has 0 spiro atoms. The molecule has 1 fully saturated rings. The van der Waals surface area contributed by atoms with Crippen molar-refractivity contribution in [2.45, 2.75) is 25.4 Å². The molecule has 1 saturated heterocycles. The summed E-state index contributed by atoms with van der Waals surface area (Å²) in [6, 6.07) is 12.2. The van der Waals surface area contributed by atoms with E-state index in [9.17, 15) is 14.4 Å². The van der Waals surface area contributed by atoms with Gasteiger partial charge in [-0.3, -0.25) is 9.59 Å². The number of ether oxygens (including phenoxy) is 2. The number of hydrogen-bond donors (Lipinski definition) is 2. The molecule has 2 amide bonds. The number of amides is 2. The van der Waals surface area contributed by atoms with Crippen LogP contribution in [0.4, 0.5) is 11.4 Å². The fourth-order valence-electron chi connectivity index (χ4n) is 3.77. The molecule has 0 aliphatic carbocycles. The van der Waals surface area contributed by atoms with Gasteiger partial charge in [-0.05, 0) is 48.7 Å². The van der Waals surface area contributed by atoms with Gasteiger partial charge in [0.1, 0.15) is 11.8 Å². The molecule has 2 aromatic rings. The van der Waals surface area contributed by atoms with Gasteiger partial charge in [0.2, 0.25) is 5.91 Å². The van der Waals surface area contributed by atoms with E-state index in [0.717, 1.165) is 36.4 Å². The van der Waals surface area contributed by atoms with Crippen molar-refractivity contribution in [3.8, 4) is 5.75 Å². The van der Waals surface area contributed by atoms with Crippen LogP contribution in [-0.4, -0.2) is 44.1 Å². The van der Waals surface area contributed by atoms with Crippen LogP contribution in [0.2, 0.25) is 0 Å². The lowest BCUT2D eigenvalue weighted by atomic mass is 10.1. The van der Waals surface area contributed by atoms with Gasteiger partial charge >= 0.3 is 5.97 Å². The number of anilines is 2. The molecule has 0 unspecified atom stereocenters. The maximum absolute atomic E-state index is 12.3. The van der Waals surface area contributed by atoms with Gasteiger partial charge in [-0.15, -0.1) is 0 Å². The number of esters is 1. The lowest BCUT2D eigenvalue weighted by Gasteiger charge is -2.33. The number of nitrogens with zero attached hydrogens (tertiary/aromatic N) is 1. The Hall–Kier alpha value is -3.55. The van der Waals surface area contributed by atoms with Gasteiger partial charge in [-0.2, -0.15) is 0 Å². The highest BCUT2D eigenvalue weighted by Crippen LogP contribution is 2.37. The number of rotatable bonds is 6. The van der Waals surface area contributed by atoms with Crippen molar-refractivity contribution < 1.29 is 23.9 Å². The normalized spacial score (nSPS) is 16.9. The summed E-state index contributed by atoms with van der Waals surface area (Å²) in [4.78, 5) is 38.6. The van der Waals surface area contributed by atoms with E-state index in [0.29, 0.717) is 12.2 Å². The Morgan fingerprint density at radius 3 is 2.77 bits per heavy atom. The zero-order chi connectivity index (χ0) is 21.1. The van der Waals surface area contributed by atoms with Crippen molar-refractivity contribution in [1.29, 1.82) is 0 Å². The van der Waals surface area contributed by atoms with Crippen molar-refractivity contribution in [2.75, 3.05) is 30.5 Å². The molecule has 0 radical (unpaired) electrons. The first-order valence-corrected chi connectivity index (χ1v) is 9.83. The third kappa shape index (κ3) is 4.07. The molecule has 156 valence electrons. The minimum absolute atomic E-state index is 0.0524. The van der Waals surface area contributed by atoms with Gasteiger partial charge in [-0.1, -0.05) is 12.1 Å². The van der Waals surface area contributed by atoms with Crippen molar-refractivity contribution in [3.63, 3.8) is 0 Å². The van der Waals surface area contributed by atoms with Gasteiger partial charge in [0.25, 0.3) is 5.91 Å². The number of hydrogen-bond acceptors (Lipinski definition) is 6. The highest BCUT2D eigenvalue weighted by atomic mass is 16.5. The van der Waals surface area contributed by atoms with Crippen LogP contribution < -0.4 is 20.3 Å². The maximum Gasteiger partial charge on any atom is 0.338 e. The molecule has 4 rings (SSSR count). The summed E-state index contributed by atoms with van der Waals surface area (Å²) in [5, 5.41) is 5.57. The summed E-state index contributed by atoms with van der Waals surface area (Å²) in [5.41, 5.74) is 2.69. The average Bonchev–Trinajstić information content (AvgIpc) is 3.27.